The zero-order chi connectivity index (χ0) is 11.5. The Bertz CT molecular complexity index is 464. The van der Waals surface area contributed by atoms with Gasteiger partial charge in [-0.3, -0.25) is 0 Å². The standard InChI is InChI=1S/C12H14N2O2/c1-9-4-3-7-14-8-10(15)5-6-11(16-2)13-12(9)14/h3-4,7-8H,5-6H2,1-2H3/p+1/b10-8+. The van der Waals surface area contributed by atoms with Crippen molar-refractivity contribution < 1.29 is 14.4 Å². The summed E-state index contributed by atoms with van der Waals surface area (Å²) < 4.78 is 6.99. The number of aliphatic hydroxyl groups excluding tert-OH is 1. The highest BCUT2D eigenvalue weighted by Crippen LogP contribution is 2.17. The van der Waals surface area contributed by atoms with Crippen LogP contribution in [0.3, 0.4) is 0 Å². The normalized spacial score (nSPS) is 21.9. The maximum atomic E-state index is 9.69. The highest BCUT2D eigenvalue weighted by Gasteiger charge is 2.18. The first-order valence-electron chi connectivity index (χ1n) is 5.22. The summed E-state index contributed by atoms with van der Waals surface area (Å²) in [5, 5.41) is 9.69. The van der Waals surface area contributed by atoms with Crippen molar-refractivity contribution in [3.05, 3.63) is 29.7 Å². The average Bonchev–Trinajstić information content (AvgIpc) is 2.24. The minimum absolute atomic E-state index is 0.335. The van der Waals surface area contributed by atoms with Crippen LogP contribution in [0.25, 0.3) is 6.20 Å². The largest absolute Gasteiger partial charge is 0.509 e. The van der Waals surface area contributed by atoms with Gasteiger partial charge < -0.3 is 9.84 Å². The molecule has 0 saturated heterocycles. The number of ether oxygens (including phenoxy) is 1. The van der Waals surface area contributed by atoms with Crippen LogP contribution in [0.1, 0.15) is 18.4 Å². The van der Waals surface area contributed by atoms with Crippen LogP contribution in [0.15, 0.2) is 29.1 Å². The number of aryl methyl sites for hydroxylation is 1. The van der Waals surface area contributed by atoms with Gasteiger partial charge in [0.2, 0.25) is 0 Å². The summed E-state index contributed by atoms with van der Waals surface area (Å²) in [5.41, 5.74) is 1.04. The highest BCUT2D eigenvalue weighted by atomic mass is 16.5. The SMILES string of the molecule is CO/C1=N/c2c(C)ccc[n+]2/C=C(/O)CC1. The number of aromatic nitrogens is 1. The molecule has 0 aliphatic carbocycles. The smallest absolute Gasteiger partial charge is 0.334 e. The van der Waals surface area contributed by atoms with Crippen molar-refractivity contribution in [2.24, 2.45) is 4.99 Å². The molecule has 1 aliphatic rings. The highest BCUT2D eigenvalue weighted by molar-refractivity contribution is 5.79. The molecule has 0 spiro atoms. The third-order valence-corrected chi connectivity index (χ3v) is 2.54. The summed E-state index contributed by atoms with van der Waals surface area (Å²) in [7, 11) is 1.60. The van der Waals surface area contributed by atoms with E-state index in [0.29, 0.717) is 24.5 Å². The number of nitrogens with zero attached hydrogens (tertiary/aromatic N) is 2. The van der Waals surface area contributed by atoms with Crippen LogP contribution >= 0.6 is 0 Å². The van der Waals surface area contributed by atoms with E-state index in [1.54, 1.807) is 13.3 Å². The third kappa shape index (κ3) is 2.05. The van der Waals surface area contributed by atoms with Crippen LogP contribution in [-0.4, -0.2) is 18.1 Å². The molecular weight excluding hydrogens is 204 g/mol. The summed E-state index contributed by atoms with van der Waals surface area (Å²) in [6.45, 7) is 1.98. The van der Waals surface area contributed by atoms with E-state index >= 15 is 0 Å². The van der Waals surface area contributed by atoms with Crippen molar-refractivity contribution in [2.75, 3.05) is 7.11 Å². The summed E-state index contributed by atoms with van der Waals surface area (Å²) in [4.78, 5) is 4.45. The minimum Gasteiger partial charge on any atom is -0.509 e. The number of allylic oxidation sites excluding steroid dienone is 1. The van der Waals surface area contributed by atoms with E-state index in [9.17, 15) is 5.11 Å². The van der Waals surface area contributed by atoms with Gasteiger partial charge in [0.25, 0.3) is 0 Å². The molecule has 2 rings (SSSR count). The Morgan fingerprint density at radius 3 is 3.00 bits per heavy atom. The topological polar surface area (TPSA) is 45.7 Å². The molecule has 0 bridgehead atoms. The molecular formula is C12H15N2O2+. The van der Waals surface area contributed by atoms with Crippen molar-refractivity contribution in [1.29, 1.82) is 0 Å². The van der Waals surface area contributed by atoms with Gasteiger partial charge in [-0.15, -0.1) is 0 Å². The number of methoxy groups -OCH3 is 1. The fourth-order valence-corrected chi connectivity index (χ4v) is 1.66. The predicted molar refractivity (Wildman–Crippen MR) is 61.6 cm³/mol. The van der Waals surface area contributed by atoms with Crippen LogP contribution in [0.5, 0.6) is 0 Å². The van der Waals surface area contributed by atoms with Crippen LogP contribution in [-0.2, 0) is 4.74 Å². The number of rotatable bonds is 0. The fraction of sp³-hybridized carbons (Fsp3) is 0.333. The van der Waals surface area contributed by atoms with Crippen LogP contribution in [0, 0.1) is 6.92 Å². The van der Waals surface area contributed by atoms with Gasteiger partial charge in [0.05, 0.1) is 19.7 Å². The minimum atomic E-state index is 0.335. The van der Waals surface area contributed by atoms with Gasteiger partial charge in [-0.25, -0.2) is 0 Å². The Balaban J connectivity index is 2.58. The number of hydrogen-bond acceptors (Lipinski definition) is 3. The zero-order valence-corrected chi connectivity index (χ0v) is 9.47. The Morgan fingerprint density at radius 2 is 2.25 bits per heavy atom. The molecule has 0 aromatic carbocycles. The van der Waals surface area contributed by atoms with Gasteiger partial charge in [-0.2, -0.15) is 4.57 Å². The molecule has 1 aromatic heterocycles. The van der Waals surface area contributed by atoms with E-state index in [4.69, 9.17) is 4.74 Å². The zero-order valence-electron chi connectivity index (χ0n) is 9.47. The van der Waals surface area contributed by atoms with E-state index in [1.807, 2.05) is 29.8 Å². The monoisotopic (exact) mass is 219 g/mol. The van der Waals surface area contributed by atoms with Gasteiger partial charge in [-0.1, -0.05) is 0 Å². The molecule has 2 heterocycles. The van der Waals surface area contributed by atoms with Crippen molar-refractivity contribution >= 4 is 17.9 Å². The molecule has 16 heavy (non-hydrogen) atoms. The van der Waals surface area contributed by atoms with E-state index in [-0.39, 0.29) is 0 Å². The molecule has 4 nitrogen and oxygen atoms in total. The second kappa shape index (κ2) is 4.35. The lowest BCUT2D eigenvalue weighted by Gasteiger charge is -2.06. The summed E-state index contributed by atoms with van der Waals surface area (Å²) in [5.74, 6) is 1.77. The van der Waals surface area contributed by atoms with Gasteiger partial charge >= 0.3 is 11.7 Å². The number of aliphatic imine (C=N–C) groups is 1. The maximum Gasteiger partial charge on any atom is 0.334 e. The molecule has 1 N–H and O–H groups in total. The second-order valence-electron chi connectivity index (χ2n) is 3.75. The van der Waals surface area contributed by atoms with Crippen LogP contribution in [0.4, 0.5) is 5.82 Å². The third-order valence-electron chi connectivity index (χ3n) is 2.54. The first-order chi connectivity index (χ1) is 7.70. The molecule has 0 unspecified atom stereocenters. The van der Waals surface area contributed by atoms with Gasteiger partial charge in [0.15, 0.2) is 0 Å². The molecule has 1 aromatic rings. The first kappa shape index (κ1) is 10.7. The van der Waals surface area contributed by atoms with Gasteiger partial charge in [0, 0.05) is 12.0 Å². The maximum absolute atomic E-state index is 9.69. The molecule has 0 atom stereocenters. The van der Waals surface area contributed by atoms with E-state index in [0.717, 1.165) is 11.4 Å². The first-order valence-corrected chi connectivity index (χ1v) is 5.22. The van der Waals surface area contributed by atoms with E-state index in [1.165, 1.54) is 0 Å². The fourth-order valence-electron chi connectivity index (χ4n) is 1.66. The predicted octanol–water partition coefficient (Wildman–Crippen LogP) is 2.11. The number of fused-ring (bicyclic) bond motifs is 1. The van der Waals surface area contributed by atoms with Gasteiger partial charge in [-0.05, 0) is 24.0 Å². The van der Waals surface area contributed by atoms with E-state index in [2.05, 4.69) is 4.99 Å². The lowest BCUT2D eigenvalue weighted by Crippen LogP contribution is -2.29. The molecule has 0 amide bonds. The molecule has 0 radical (unpaired) electrons. The number of aliphatic hydroxyl groups is 1. The Morgan fingerprint density at radius 1 is 1.44 bits per heavy atom. The Labute approximate surface area is 94.5 Å². The second-order valence-corrected chi connectivity index (χ2v) is 3.75. The van der Waals surface area contributed by atoms with Crippen molar-refractivity contribution in [3.63, 3.8) is 0 Å². The summed E-state index contributed by atoms with van der Waals surface area (Å²) in [6.07, 6.45) is 4.72. The summed E-state index contributed by atoms with van der Waals surface area (Å²) in [6, 6.07) is 3.90. The van der Waals surface area contributed by atoms with Crippen LogP contribution in [0.2, 0.25) is 0 Å². The van der Waals surface area contributed by atoms with Crippen molar-refractivity contribution in [3.8, 4) is 0 Å². The van der Waals surface area contributed by atoms with E-state index < -0.39 is 0 Å². The quantitative estimate of drug-likeness (QED) is 0.679. The molecule has 0 fully saturated rings. The van der Waals surface area contributed by atoms with Crippen molar-refractivity contribution in [2.45, 2.75) is 19.8 Å². The molecule has 0 saturated carbocycles. The lowest BCUT2D eigenvalue weighted by atomic mass is 10.2. The Kier molecular flexibility index (Phi) is 2.90. The molecule has 84 valence electrons. The van der Waals surface area contributed by atoms with Gasteiger partial charge in [0.1, 0.15) is 12.0 Å². The number of pyridine rings is 1. The summed E-state index contributed by atoms with van der Waals surface area (Å²) >= 11 is 0. The molecule has 1 aliphatic heterocycles. The molecule has 4 heteroatoms. The van der Waals surface area contributed by atoms with Crippen LogP contribution < -0.4 is 4.57 Å². The average molecular weight is 219 g/mol. The van der Waals surface area contributed by atoms with Crippen molar-refractivity contribution in [1.82, 2.24) is 0 Å². The Hall–Kier alpha value is -1.84. The lowest BCUT2D eigenvalue weighted by molar-refractivity contribution is -0.556. The number of hydrogen-bond donors (Lipinski definition) is 1.